The van der Waals surface area contributed by atoms with Crippen LogP contribution in [0.5, 0.6) is 0 Å². The fraction of sp³-hybridized carbons (Fsp3) is 0.240. The second-order valence-electron chi connectivity index (χ2n) is 9.11. The predicted molar refractivity (Wildman–Crippen MR) is 119 cm³/mol. The zero-order chi connectivity index (χ0) is 23.5. The molecule has 2 heterocycles. The Morgan fingerprint density at radius 1 is 1.03 bits per heavy atom. The summed E-state index contributed by atoms with van der Waals surface area (Å²) in [6.45, 7) is 3.99. The first kappa shape index (κ1) is 21.6. The summed E-state index contributed by atoms with van der Waals surface area (Å²) in [5.74, 6) is -2.49. The highest BCUT2D eigenvalue weighted by atomic mass is 32.1. The van der Waals surface area contributed by atoms with Crippen LogP contribution in [-0.4, -0.2) is 10.4 Å². The zero-order valence-electron chi connectivity index (χ0n) is 17.9. The lowest BCUT2D eigenvalue weighted by molar-refractivity contribution is -0.118. The summed E-state index contributed by atoms with van der Waals surface area (Å²) in [7, 11) is 0. The van der Waals surface area contributed by atoms with Crippen molar-refractivity contribution >= 4 is 23.2 Å². The molecule has 0 bridgehead atoms. The molecule has 0 unspecified atom stereocenters. The number of halogens is 3. The molecule has 0 spiro atoms. The van der Waals surface area contributed by atoms with Crippen molar-refractivity contribution in [3.63, 3.8) is 0 Å². The third kappa shape index (κ3) is 3.78. The van der Waals surface area contributed by atoms with E-state index in [9.17, 15) is 22.8 Å². The molecule has 33 heavy (non-hydrogen) atoms. The van der Waals surface area contributed by atoms with E-state index in [4.69, 9.17) is 0 Å². The van der Waals surface area contributed by atoms with E-state index in [1.807, 2.05) is 13.8 Å². The lowest BCUT2D eigenvalue weighted by atomic mass is 9.73. The van der Waals surface area contributed by atoms with Crippen molar-refractivity contribution < 1.29 is 18.0 Å². The van der Waals surface area contributed by atoms with Crippen LogP contribution < -0.4 is 14.9 Å². The molecule has 1 aliphatic carbocycles. The van der Waals surface area contributed by atoms with E-state index in [0.29, 0.717) is 40.0 Å². The van der Waals surface area contributed by atoms with Crippen molar-refractivity contribution in [3.8, 4) is 0 Å². The molecule has 168 valence electrons. The van der Waals surface area contributed by atoms with Crippen LogP contribution in [0.4, 0.5) is 13.2 Å². The first-order valence-electron chi connectivity index (χ1n) is 10.4. The van der Waals surface area contributed by atoms with Crippen molar-refractivity contribution in [2.24, 2.45) is 10.4 Å². The molecule has 2 aromatic carbocycles. The van der Waals surface area contributed by atoms with Gasteiger partial charge in [0.2, 0.25) is 0 Å². The summed E-state index contributed by atoms with van der Waals surface area (Å²) in [6, 6.07) is 8.39. The van der Waals surface area contributed by atoms with E-state index in [2.05, 4.69) is 4.99 Å². The number of fused-ring (bicyclic) bond motifs is 1. The fourth-order valence-corrected chi connectivity index (χ4v) is 5.48. The van der Waals surface area contributed by atoms with Gasteiger partial charge in [0.05, 0.1) is 16.3 Å². The van der Waals surface area contributed by atoms with Crippen LogP contribution in [0.1, 0.15) is 43.9 Å². The van der Waals surface area contributed by atoms with Crippen LogP contribution in [0, 0.1) is 22.9 Å². The number of aromatic nitrogens is 1. The Hall–Kier alpha value is -3.26. The van der Waals surface area contributed by atoms with Gasteiger partial charge in [-0.25, -0.2) is 18.2 Å². The summed E-state index contributed by atoms with van der Waals surface area (Å²) in [5.41, 5.74) is 1.35. The number of allylic oxidation sites excluding steroid dienone is 2. The molecule has 1 aromatic heterocycles. The molecule has 0 saturated heterocycles. The van der Waals surface area contributed by atoms with Gasteiger partial charge in [0, 0.05) is 12.0 Å². The maximum absolute atomic E-state index is 13.7. The van der Waals surface area contributed by atoms with Gasteiger partial charge in [-0.2, -0.15) is 0 Å². The monoisotopic (exact) mass is 468 g/mol. The number of carbonyl (C=O) groups is 1. The van der Waals surface area contributed by atoms with E-state index in [0.717, 1.165) is 23.5 Å². The summed E-state index contributed by atoms with van der Waals surface area (Å²) in [4.78, 5) is 31.7. The van der Waals surface area contributed by atoms with Crippen LogP contribution in [0.2, 0.25) is 0 Å². The third-order valence-electron chi connectivity index (χ3n) is 5.92. The number of benzene rings is 2. The van der Waals surface area contributed by atoms with Gasteiger partial charge in [-0.15, -0.1) is 0 Å². The maximum atomic E-state index is 13.7. The normalized spacial score (nSPS) is 19.8. The molecule has 0 N–H and O–H groups in total. The Bertz CT molecular complexity index is 1510. The third-order valence-corrected chi connectivity index (χ3v) is 6.91. The molecule has 5 rings (SSSR count). The van der Waals surface area contributed by atoms with Crippen LogP contribution in [0.25, 0.3) is 6.08 Å². The number of rotatable bonds is 2. The Labute approximate surface area is 191 Å². The number of carbonyl (C=O) groups excluding carboxylic acids is 1. The first-order valence-corrected chi connectivity index (χ1v) is 11.2. The van der Waals surface area contributed by atoms with Crippen molar-refractivity contribution in [2.75, 3.05) is 0 Å². The van der Waals surface area contributed by atoms with Gasteiger partial charge in [-0.3, -0.25) is 14.2 Å². The first-order chi connectivity index (χ1) is 15.6. The van der Waals surface area contributed by atoms with Crippen molar-refractivity contribution in [1.29, 1.82) is 0 Å². The number of ketones is 1. The average molecular weight is 469 g/mol. The SMILES string of the molecule is CC1(C)CC(=O)C2=C(C1)N=c1s/c(=C/c3ccc(F)c(F)c3)c(=O)n1[C@@H]2c1ccc(F)cc1. The molecular formula is C25H19F3N2O2S. The Balaban J connectivity index is 1.76. The van der Waals surface area contributed by atoms with Gasteiger partial charge in [-0.05, 0) is 53.3 Å². The van der Waals surface area contributed by atoms with Crippen LogP contribution in [0.3, 0.4) is 0 Å². The van der Waals surface area contributed by atoms with Gasteiger partial charge < -0.3 is 0 Å². The quantitative estimate of drug-likeness (QED) is 0.571. The summed E-state index contributed by atoms with van der Waals surface area (Å²) in [6.07, 6.45) is 2.37. The lowest BCUT2D eigenvalue weighted by Crippen LogP contribution is -2.42. The Morgan fingerprint density at radius 2 is 1.76 bits per heavy atom. The standard InChI is InChI=1S/C25H19F3N2O2S/c1-25(2)11-18-21(19(31)12-25)22(14-4-6-15(26)7-5-14)30-23(32)20(33-24(30)29-18)10-13-3-8-16(27)17(28)9-13/h3-10,22H,11-12H2,1-2H3/b20-10+/t22-/m1/s1. The molecule has 0 saturated carbocycles. The molecule has 0 amide bonds. The zero-order valence-corrected chi connectivity index (χ0v) is 18.7. The topological polar surface area (TPSA) is 51.4 Å². The minimum absolute atomic E-state index is 0.0887. The predicted octanol–water partition coefficient (Wildman–Crippen LogP) is 4.02. The van der Waals surface area contributed by atoms with Gasteiger partial charge in [-0.1, -0.05) is 43.4 Å². The van der Waals surface area contributed by atoms with Crippen molar-refractivity contribution in [1.82, 2.24) is 4.57 Å². The molecule has 0 radical (unpaired) electrons. The van der Waals surface area contributed by atoms with Gasteiger partial charge in [0.25, 0.3) is 5.56 Å². The molecule has 0 fully saturated rings. The minimum Gasteiger partial charge on any atom is -0.294 e. The molecule has 1 aliphatic heterocycles. The van der Waals surface area contributed by atoms with E-state index >= 15 is 0 Å². The highest BCUT2D eigenvalue weighted by molar-refractivity contribution is 7.07. The molecule has 2 aliphatic rings. The molecule has 8 heteroatoms. The second kappa shape index (κ2) is 7.66. The highest BCUT2D eigenvalue weighted by Crippen LogP contribution is 2.43. The van der Waals surface area contributed by atoms with E-state index < -0.39 is 29.1 Å². The van der Waals surface area contributed by atoms with E-state index in [-0.39, 0.29) is 15.7 Å². The largest absolute Gasteiger partial charge is 0.294 e. The van der Waals surface area contributed by atoms with Crippen molar-refractivity contribution in [2.45, 2.75) is 32.7 Å². The highest BCUT2D eigenvalue weighted by Gasteiger charge is 2.40. The Morgan fingerprint density at radius 3 is 2.45 bits per heavy atom. The van der Waals surface area contributed by atoms with Crippen molar-refractivity contribution in [3.05, 3.63) is 102 Å². The summed E-state index contributed by atoms with van der Waals surface area (Å²) < 4.78 is 42.3. The summed E-state index contributed by atoms with van der Waals surface area (Å²) in [5, 5.41) is 0. The lowest BCUT2D eigenvalue weighted by Gasteiger charge is -2.35. The fourth-order valence-electron chi connectivity index (χ4n) is 4.46. The number of nitrogens with zero attached hydrogens (tertiary/aromatic N) is 2. The summed E-state index contributed by atoms with van der Waals surface area (Å²) >= 11 is 1.12. The number of hydrogen-bond donors (Lipinski definition) is 0. The molecule has 3 aromatic rings. The number of Topliss-reactive ketones (excluding diaryl/α,β-unsaturated/α-hetero) is 1. The second-order valence-corrected chi connectivity index (χ2v) is 10.1. The van der Waals surface area contributed by atoms with Gasteiger partial charge in [0.15, 0.2) is 22.2 Å². The van der Waals surface area contributed by atoms with Gasteiger partial charge in [0.1, 0.15) is 5.82 Å². The van der Waals surface area contributed by atoms with E-state index in [1.54, 1.807) is 12.1 Å². The molecule has 4 nitrogen and oxygen atoms in total. The van der Waals surface area contributed by atoms with Crippen LogP contribution in [0.15, 0.2) is 63.5 Å². The average Bonchev–Trinajstić information content (AvgIpc) is 3.04. The minimum atomic E-state index is -1.01. The number of hydrogen-bond acceptors (Lipinski definition) is 4. The van der Waals surface area contributed by atoms with Crippen LogP contribution >= 0.6 is 11.3 Å². The Kier molecular flexibility index (Phi) is 5.01. The molecular weight excluding hydrogens is 449 g/mol. The van der Waals surface area contributed by atoms with Gasteiger partial charge >= 0.3 is 0 Å². The number of thiazole rings is 1. The molecule has 1 atom stereocenters. The maximum Gasteiger partial charge on any atom is 0.271 e. The smallest absolute Gasteiger partial charge is 0.271 e. The van der Waals surface area contributed by atoms with Crippen LogP contribution in [-0.2, 0) is 4.79 Å². The van der Waals surface area contributed by atoms with E-state index in [1.165, 1.54) is 28.8 Å².